The minimum atomic E-state index is -1.06. The van der Waals surface area contributed by atoms with Crippen LogP contribution in [0, 0.1) is 19.8 Å². The van der Waals surface area contributed by atoms with E-state index in [0.29, 0.717) is 22.0 Å². The molecule has 3 unspecified atom stereocenters. The monoisotopic (exact) mass is 482 g/mol. The molecule has 0 aromatic heterocycles. The minimum absolute atomic E-state index is 0.0527. The number of para-hydroxylation sites is 1. The van der Waals surface area contributed by atoms with E-state index in [9.17, 15) is 14.7 Å². The number of hydrogen-bond acceptors (Lipinski definition) is 5. The van der Waals surface area contributed by atoms with Crippen LogP contribution in [0.15, 0.2) is 60.7 Å². The molecule has 2 aliphatic rings. The Morgan fingerprint density at radius 2 is 1.67 bits per heavy atom. The first-order chi connectivity index (χ1) is 15.8. The Bertz CT molecular complexity index is 1280. The number of hydrogen-bond donors (Lipinski definition) is 1. The van der Waals surface area contributed by atoms with Crippen LogP contribution in [-0.4, -0.2) is 23.0 Å². The van der Waals surface area contributed by atoms with Gasteiger partial charge in [-0.3, -0.25) is 14.4 Å². The van der Waals surface area contributed by atoms with Gasteiger partial charge in [0, 0.05) is 10.6 Å². The van der Waals surface area contributed by atoms with Crippen molar-refractivity contribution in [1.82, 2.24) is 0 Å². The topological polar surface area (TPSA) is 70.1 Å². The Kier molecular flexibility index (Phi) is 5.32. The molecule has 8 heteroatoms. The lowest BCUT2D eigenvalue weighted by atomic mass is 9.90. The third-order valence-electron chi connectivity index (χ3n) is 6.10. The van der Waals surface area contributed by atoms with Gasteiger partial charge in [-0.2, -0.15) is 0 Å². The van der Waals surface area contributed by atoms with Gasteiger partial charge in [0.15, 0.2) is 6.10 Å². The number of phenols is 1. The average Bonchev–Trinajstić information content (AvgIpc) is 3.28. The van der Waals surface area contributed by atoms with Gasteiger partial charge in [0.05, 0.1) is 22.4 Å². The highest BCUT2D eigenvalue weighted by atomic mass is 35.5. The summed E-state index contributed by atoms with van der Waals surface area (Å²) >= 11 is 12.4. The Morgan fingerprint density at radius 3 is 2.36 bits per heavy atom. The van der Waals surface area contributed by atoms with E-state index < -0.39 is 29.9 Å². The highest BCUT2D eigenvalue weighted by Crippen LogP contribution is 2.51. The van der Waals surface area contributed by atoms with Gasteiger partial charge in [0.1, 0.15) is 11.7 Å². The van der Waals surface area contributed by atoms with E-state index in [1.807, 2.05) is 44.2 Å². The van der Waals surface area contributed by atoms with Crippen LogP contribution in [0.3, 0.4) is 0 Å². The number of hydroxylamine groups is 1. The number of imide groups is 1. The summed E-state index contributed by atoms with van der Waals surface area (Å²) in [6.07, 6.45) is -1.06. The number of nitrogens with zero attached hydrogens (tertiary/aromatic N) is 2. The predicted octanol–water partition coefficient (Wildman–Crippen LogP) is 5.37. The molecule has 3 aromatic rings. The SMILES string of the molecule is Cc1ccc(N2C(=O)C3ON(c4ccccc4)C(c4cc(Cl)cc(Cl)c4O)C3C2=O)c(C)c1. The van der Waals surface area contributed by atoms with Crippen LogP contribution in [0.2, 0.25) is 10.0 Å². The van der Waals surface area contributed by atoms with Crippen molar-refractivity contribution in [3.05, 3.63) is 87.4 Å². The summed E-state index contributed by atoms with van der Waals surface area (Å²) < 4.78 is 0. The fraction of sp³-hybridized carbons (Fsp3) is 0.200. The summed E-state index contributed by atoms with van der Waals surface area (Å²) in [5.74, 6) is -1.97. The lowest BCUT2D eigenvalue weighted by Crippen LogP contribution is -2.37. The molecule has 2 amide bonds. The number of amides is 2. The zero-order chi connectivity index (χ0) is 23.4. The molecule has 0 saturated carbocycles. The van der Waals surface area contributed by atoms with Gasteiger partial charge in [-0.05, 0) is 49.7 Å². The molecule has 2 heterocycles. The molecule has 2 saturated heterocycles. The number of aryl methyl sites for hydroxylation is 2. The first-order valence-electron chi connectivity index (χ1n) is 10.4. The van der Waals surface area contributed by atoms with Gasteiger partial charge in [0.25, 0.3) is 5.91 Å². The molecule has 0 spiro atoms. The summed E-state index contributed by atoms with van der Waals surface area (Å²) in [5.41, 5.74) is 3.30. The van der Waals surface area contributed by atoms with Crippen molar-refractivity contribution in [3.63, 3.8) is 0 Å². The maximum atomic E-state index is 13.7. The maximum Gasteiger partial charge on any atom is 0.266 e. The third kappa shape index (κ3) is 3.46. The van der Waals surface area contributed by atoms with Crippen LogP contribution < -0.4 is 9.96 Å². The average molecular weight is 483 g/mol. The highest BCUT2D eigenvalue weighted by molar-refractivity contribution is 6.35. The van der Waals surface area contributed by atoms with Gasteiger partial charge in [0.2, 0.25) is 5.91 Å². The van der Waals surface area contributed by atoms with E-state index in [0.717, 1.165) is 11.1 Å². The third-order valence-corrected chi connectivity index (χ3v) is 6.60. The smallest absolute Gasteiger partial charge is 0.266 e. The molecule has 33 heavy (non-hydrogen) atoms. The second-order valence-electron chi connectivity index (χ2n) is 8.29. The summed E-state index contributed by atoms with van der Waals surface area (Å²) in [5, 5.41) is 12.6. The van der Waals surface area contributed by atoms with Gasteiger partial charge in [-0.25, -0.2) is 9.96 Å². The molecule has 6 nitrogen and oxygen atoms in total. The van der Waals surface area contributed by atoms with Gasteiger partial charge in [-0.15, -0.1) is 0 Å². The summed E-state index contributed by atoms with van der Waals surface area (Å²) in [4.78, 5) is 34.5. The number of carbonyl (C=O) groups excluding carboxylic acids is 2. The first-order valence-corrected chi connectivity index (χ1v) is 11.2. The Labute approximate surface area is 200 Å². The van der Waals surface area contributed by atoms with Crippen LogP contribution in [0.4, 0.5) is 11.4 Å². The molecule has 2 fully saturated rings. The van der Waals surface area contributed by atoms with Crippen molar-refractivity contribution in [1.29, 1.82) is 0 Å². The van der Waals surface area contributed by atoms with E-state index in [4.69, 9.17) is 28.0 Å². The molecule has 0 aliphatic carbocycles. The van der Waals surface area contributed by atoms with Gasteiger partial charge in [-0.1, -0.05) is 59.1 Å². The molecule has 5 rings (SSSR count). The summed E-state index contributed by atoms with van der Waals surface area (Å²) in [6, 6.07) is 16.8. The standard InChI is InChI=1S/C25H20Cl2N2O4/c1-13-8-9-19(14(2)10-13)28-24(31)20-21(17-11-15(26)12-18(27)22(17)30)29(33-23(20)25(28)32)16-6-4-3-5-7-16/h3-12,20-21,23,30H,1-2H3. The van der Waals surface area contributed by atoms with Crippen molar-refractivity contribution in [2.45, 2.75) is 26.0 Å². The van der Waals surface area contributed by atoms with Crippen LogP contribution in [0.5, 0.6) is 5.75 Å². The fourth-order valence-electron chi connectivity index (χ4n) is 4.63. The zero-order valence-corrected chi connectivity index (χ0v) is 19.3. The lowest BCUT2D eigenvalue weighted by Gasteiger charge is -2.29. The second-order valence-corrected chi connectivity index (χ2v) is 9.13. The van der Waals surface area contributed by atoms with Crippen LogP contribution in [-0.2, 0) is 14.4 Å². The number of fused-ring (bicyclic) bond motifs is 1. The van der Waals surface area contributed by atoms with Crippen molar-refractivity contribution in [3.8, 4) is 5.75 Å². The normalized spacial score (nSPS) is 22.2. The summed E-state index contributed by atoms with van der Waals surface area (Å²) in [6.45, 7) is 3.80. The van der Waals surface area contributed by atoms with Crippen LogP contribution in [0.1, 0.15) is 22.7 Å². The quantitative estimate of drug-likeness (QED) is 0.508. The maximum absolute atomic E-state index is 13.7. The number of anilines is 2. The van der Waals surface area contributed by atoms with E-state index >= 15 is 0 Å². The van der Waals surface area contributed by atoms with Crippen LogP contribution >= 0.6 is 23.2 Å². The van der Waals surface area contributed by atoms with Crippen molar-refractivity contribution in [2.75, 3.05) is 9.96 Å². The van der Waals surface area contributed by atoms with Crippen molar-refractivity contribution < 1.29 is 19.5 Å². The van der Waals surface area contributed by atoms with Gasteiger partial charge < -0.3 is 5.11 Å². The zero-order valence-electron chi connectivity index (χ0n) is 17.8. The van der Waals surface area contributed by atoms with Crippen molar-refractivity contribution in [2.24, 2.45) is 5.92 Å². The van der Waals surface area contributed by atoms with Crippen molar-refractivity contribution >= 4 is 46.4 Å². The first kappa shape index (κ1) is 21.8. The molecule has 168 valence electrons. The second kappa shape index (κ2) is 8.06. The number of benzene rings is 3. The molecular weight excluding hydrogens is 463 g/mol. The summed E-state index contributed by atoms with van der Waals surface area (Å²) in [7, 11) is 0. The number of carbonyl (C=O) groups is 2. The fourth-order valence-corrected chi connectivity index (χ4v) is 5.14. The number of halogens is 2. The highest BCUT2D eigenvalue weighted by Gasteiger charge is 2.61. The van der Waals surface area contributed by atoms with E-state index in [-0.39, 0.29) is 10.8 Å². The molecule has 0 radical (unpaired) electrons. The number of aromatic hydroxyl groups is 1. The molecule has 2 aliphatic heterocycles. The van der Waals surface area contributed by atoms with Crippen LogP contribution in [0.25, 0.3) is 0 Å². The Hall–Kier alpha value is -3.06. The minimum Gasteiger partial charge on any atom is -0.506 e. The van der Waals surface area contributed by atoms with E-state index in [1.165, 1.54) is 16.0 Å². The molecular formula is C25H20Cl2N2O4. The van der Waals surface area contributed by atoms with E-state index in [1.54, 1.807) is 24.3 Å². The molecule has 1 N–H and O–H groups in total. The Balaban J connectivity index is 1.65. The molecule has 3 atom stereocenters. The predicted molar refractivity (Wildman–Crippen MR) is 127 cm³/mol. The molecule has 0 bridgehead atoms. The lowest BCUT2D eigenvalue weighted by molar-refractivity contribution is -0.126. The molecule has 3 aromatic carbocycles. The van der Waals surface area contributed by atoms with E-state index in [2.05, 4.69) is 0 Å². The van der Waals surface area contributed by atoms with Gasteiger partial charge >= 0.3 is 0 Å². The number of phenolic OH excluding ortho intramolecular Hbond substituents is 1. The largest absolute Gasteiger partial charge is 0.506 e. The number of rotatable bonds is 3. The Morgan fingerprint density at radius 1 is 0.939 bits per heavy atom.